The van der Waals surface area contributed by atoms with E-state index < -0.39 is 5.60 Å². The predicted octanol–water partition coefficient (Wildman–Crippen LogP) is 1.72. The number of aryl methyl sites for hydroxylation is 1. The van der Waals surface area contributed by atoms with Crippen molar-refractivity contribution in [2.24, 2.45) is 13.0 Å². The molecule has 2 aliphatic carbocycles. The van der Waals surface area contributed by atoms with Crippen LogP contribution in [0.15, 0.2) is 21.0 Å². The average Bonchev–Trinajstić information content (AvgIpc) is 3.33. The molecule has 4 rings (SSSR count). The molecule has 0 spiro atoms. The third kappa shape index (κ3) is 3.66. The van der Waals surface area contributed by atoms with Crippen LogP contribution in [0.2, 0.25) is 0 Å². The number of hydrogen-bond acceptors (Lipinski definition) is 6. The number of rotatable bonds is 4. The molecule has 0 aliphatic heterocycles. The molecular formula is C22H26N4O3. The predicted molar refractivity (Wildman–Crippen MR) is 109 cm³/mol. The molecule has 0 radical (unpaired) electrons. The summed E-state index contributed by atoms with van der Waals surface area (Å²) >= 11 is 0. The van der Waals surface area contributed by atoms with Gasteiger partial charge in [-0.1, -0.05) is 17.4 Å². The van der Waals surface area contributed by atoms with Gasteiger partial charge >= 0.3 is 0 Å². The largest absolute Gasteiger partial charge is 0.419 e. The molecule has 2 aliphatic rings. The maximum atomic E-state index is 12.8. The molecule has 0 bridgehead atoms. The highest BCUT2D eigenvalue weighted by molar-refractivity contribution is 5.86. The van der Waals surface area contributed by atoms with E-state index in [9.17, 15) is 9.90 Å². The van der Waals surface area contributed by atoms with E-state index in [-0.39, 0.29) is 11.5 Å². The van der Waals surface area contributed by atoms with Crippen molar-refractivity contribution >= 4 is 5.57 Å². The average molecular weight is 394 g/mol. The minimum Gasteiger partial charge on any atom is -0.419 e. The summed E-state index contributed by atoms with van der Waals surface area (Å²) in [6.07, 6.45) is 4.24. The van der Waals surface area contributed by atoms with Gasteiger partial charge in [-0.15, -0.1) is 10.2 Å². The minimum atomic E-state index is -1.03. The Morgan fingerprint density at radius 1 is 1.38 bits per heavy atom. The summed E-state index contributed by atoms with van der Waals surface area (Å²) in [5.41, 5.74) is 2.84. The highest BCUT2D eigenvalue weighted by atomic mass is 16.4. The third-order valence-corrected chi connectivity index (χ3v) is 5.55. The summed E-state index contributed by atoms with van der Waals surface area (Å²) in [5.74, 6) is 7.31. The normalized spacial score (nSPS) is 17.9. The van der Waals surface area contributed by atoms with E-state index in [1.807, 2.05) is 25.9 Å². The highest BCUT2D eigenvalue weighted by Gasteiger charge is 2.38. The van der Waals surface area contributed by atoms with Crippen LogP contribution in [-0.2, 0) is 20.0 Å². The van der Waals surface area contributed by atoms with Crippen LogP contribution in [0.3, 0.4) is 0 Å². The van der Waals surface area contributed by atoms with Gasteiger partial charge in [-0.3, -0.25) is 4.79 Å². The van der Waals surface area contributed by atoms with Crippen LogP contribution in [0.1, 0.15) is 55.2 Å². The fraction of sp³-hybridized carbons (Fsp3) is 0.500. The van der Waals surface area contributed by atoms with Crippen molar-refractivity contribution in [2.75, 3.05) is 14.1 Å². The minimum absolute atomic E-state index is 0.0538. The lowest BCUT2D eigenvalue weighted by atomic mass is 9.98. The van der Waals surface area contributed by atoms with Crippen LogP contribution < -0.4 is 5.56 Å². The molecule has 1 unspecified atom stereocenters. The van der Waals surface area contributed by atoms with Crippen molar-refractivity contribution in [3.8, 4) is 11.8 Å². The van der Waals surface area contributed by atoms with E-state index in [4.69, 9.17) is 4.42 Å². The van der Waals surface area contributed by atoms with Crippen molar-refractivity contribution in [3.63, 3.8) is 0 Å². The van der Waals surface area contributed by atoms with E-state index in [2.05, 4.69) is 22.0 Å². The Labute approximate surface area is 170 Å². The maximum Gasteiger partial charge on any atom is 0.254 e. The van der Waals surface area contributed by atoms with E-state index in [1.54, 1.807) is 24.7 Å². The van der Waals surface area contributed by atoms with Crippen LogP contribution in [0.25, 0.3) is 5.57 Å². The molecule has 1 saturated carbocycles. The summed E-state index contributed by atoms with van der Waals surface area (Å²) < 4.78 is 7.45. The van der Waals surface area contributed by atoms with Crippen molar-refractivity contribution in [2.45, 2.75) is 45.3 Å². The molecule has 2 aromatic rings. The second kappa shape index (κ2) is 6.97. The molecule has 0 saturated heterocycles. The van der Waals surface area contributed by atoms with E-state index in [1.165, 1.54) is 0 Å². The number of fused-ring (bicyclic) bond motifs is 1. The van der Waals surface area contributed by atoms with Gasteiger partial charge in [0, 0.05) is 41.9 Å². The fourth-order valence-electron chi connectivity index (χ4n) is 3.83. The van der Waals surface area contributed by atoms with E-state index in [0.717, 1.165) is 29.6 Å². The molecule has 2 aromatic heterocycles. The first kappa shape index (κ1) is 19.6. The van der Waals surface area contributed by atoms with Crippen molar-refractivity contribution in [3.05, 3.63) is 50.6 Å². The Morgan fingerprint density at radius 2 is 2.10 bits per heavy atom. The molecule has 0 aromatic carbocycles. The van der Waals surface area contributed by atoms with E-state index >= 15 is 0 Å². The van der Waals surface area contributed by atoms with E-state index in [0.29, 0.717) is 35.9 Å². The van der Waals surface area contributed by atoms with Crippen molar-refractivity contribution < 1.29 is 9.52 Å². The molecular weight excluding hydrogens is 368 g/mol. The quantitative estimate of drug-likeness (QED) is 0.795. The summed E-state index contributed by atoms with van der Waals surface area (Å²) in [6, 6.07) is 0. The maximum absolute atomic E-state index is 12.8. The Kier molecular flexibility index (Phi) is 4.72. The topological polar surface area (TPSA) is 84.4 Å². The molecule has 1 fully saturated rings. The summed E-state index contributed by atoms with van der Waals surface area (Å²) in [7, 11) is 5.59. The Morgan fingerprint density at radius 3 is 2.76 bits per heavy atom. The number of pyridine rings is 1. The van der Waals surface area contributed by atoms with Gasteiger partial charge in [-0.05, 0) is 46.7 Å². The zero-order valence-electron chi connectivity index (χ0n) is 17.5. The summed E-state index contributed by atoms with van der Waals surface area (Å²) in [6.45, 7) is 4.27. The molecule has 29 heavy (non-hydrogen) atoms. The number of aromatic nitrogens is 3. The lowest BCUT2D eigenvalue weighted by molar-refractivity contribution is 0.0980. The number of aliphatic hydroxyl groups is 1. The Balaban J connectivity index is 1.82. The molecule has 7 nitrogen and oxygen atoms in total. The van der Waals surface area contributed by atoms with Crippen LogP contribution in [0.4, 0.5) is 0 Å². The van der Waals surface area contributed by atoms with Gasteiger partial charge in [-0.2, -0.15) is 0 Å². The van der Waals surface area contributed by atoms with Gasteiger partial charge < -0.3 is 19.0 Å². The van der Waals surface area contributed by atoms with Gasteiger partial charge in [0.1, 0.15) is 5.60 Å². The van der Waals surface area contributed by atoms with Gasteiger partial charge in [0.15, 0.2) is 0 Å². The SMILES string of the molecule is CC1=C(c2nnc(CN(C)C)o2)c2c(C#CC(C)(O)C3CC3)cn(C)c(=O)c2C1. The second-order valence-corrected chi connectivity index (χ2v) is 8.56. The first-order valence-corrected chi connectivity index (χ1v) is 9.83. The fourth-order valence-corrected chi connectivity index (χ4v) is 3.83. The van der Waals surface area contributed by atoms with Gasteiger partial charge in [0.05, 0.1) is 6.54 Å². The summed E-state index contributed by atoms with van der Waals surface area (Å²) in [4.78, 5) is 14.7. The lowest BCUT2D eigenvalue weighted by Gasteiger charge is -2.15. The van der Waals surface area contributed by atoms with Crippen LogP contribution in [0.5, 0.6) is 0 Å². The standard InChI is InChI=1S/C22H26N4O3/c1-13-10-16-19(18(13)20-24-23-17(29-20)12-25(3)4)14(11-26(5)21(16)27)8-9-22(2,28)15-6-7-15/h11,15,28H,6-7,10,12H2,1-5H3. The smallest absolute Gasteiger partial charge is 0.254 e. The first-order chi connectivity index (χ1) is 13.7. The molecule has 7 heteroatoms. The van der Waals surface area contributed by atoms with Gasteiger partial charge in [-0.25, -0.2) is 0 Å². The first-order valence-electron chi connectivity index (χ1n) is 9.83. The molecule has 1 atom stereocenters. The van der Waals surface area contributed by atoms with Crippen molar-refractivity contribution in [1.29, 1.82) is 0 Å². The molecule has 152 valence electrons. The number of hydrogen-bond donors (Lipinski definition) is 1. The lowest BCUT2D eigenvalue weighted by Crippen LogP contribution is -2.25. The third-order valence-electron chi connectivity index (χ3n) is 5.55. The molecule has 2 heterocycles. The highest BCUT2D eigenvalue weighted by Crippen LogP contribution is 2.40. The second-order valence-electron chi connectivity index (χ2n) is 8.56. The zero-order chi connectivity index (χ0) is 20.9. The Hall–Kier alpha value is -2.69. The zero-order valence-corrected chi connectivity index (χ0v) is 17.5. The summed E-state index contributed by atoms with van der Waals surface area (Å²) in [5, 5.41) is 19.0. The van der Waals surface area contributed by atoms with Crippen molar-refractivity contribution in [1.82, 2.24) is 19.7 Å². The van der Waals surface area contributed by atoms with Crippen LogP contribution in [-0.4, -0.2) is 44.5 Å². The van der Waals surface area contributed by atoms with Gasteiger partial charge in [0.2, 0.25) is 11.8 Å². The van der Waals surface area contributed by atoms with Crippen LogP contribution in [0, 0.1) is 17.8 Å². The molecule has 0 amide bonds. The monoisotopic (exact) mass is 394 g/mol. The number of allylic oxidation sites excluding steroid dienone is 1. The van der Waals surface area contributed by atoms with Crippen LogP contribution >= 0.6 is 0 Å². The Bertz CT molecular complexity index is 1120. The molecule has 1 N–H and O–H groups in total. The number of nitrogens with zero attached hydrogens (tertiary/aromatic N) is 4. The van der Waals surface area contributed by atoms with Gasteiger partial charge in [0.25, 0.3) is 5.56 Å².